The molecule has 0 bridgehead atoms. The van der Waals surface area contributed by atoms with Gasteiger partial charge in [0.1, 0.15) is 0 Å². The first-order chi connectivity index (χ1) is 17.6. The summed E-state index contributed by atoms with van der Waals surface area (Å²) >= 11 is 5.17. The van der Waals surface area contributed by atoms with Crippen molar-refractivity contribution >= 4 is 66.7 Å². The summed E-state index contributed by atoms with van der Waals surface area (Å²) in [5, 5.41) is 5.23. The molecule has 0 saturated carbocycles. The van der Waals surface area contributed by atoms with E-state index < -0.39 is 0 Å². The maximum absolute atomic E-state index is 2.59. The highest BCUT2D eigenvalue weighted by atomic mass is 127. The molecule has 0 aliphatic heterocycles. The van der Waals surface area contributed by atoms with Gasteiger partial charge in [-0.05, 0) is 114 Å². The van der Waals surface area contributed by atoms with Crippen molar-refractivity contribution in [1.82, 2.24) is 0 Å². The van der Waals surface area contributed by atoms with Crippen LogP contribution in [0.15, 0.2) is 109 Å². The van der Waals surface area contributed by atoms with Gasteiger partial charge in [0.05, 0.1) is 0 Å². The first-order valence-corrected chi connectivity index (χ1v) is 14.3. The monoisotopic (exact) mass is 686 g/mol. The molecule has 2 heteroatoms. The van der Waals surface area contributed by atoms with Crippen LogP contribution in [0.25, 0.3) is 54.9 Å². The van der Waals surface area contributed by atoms with Gasteiger partial charge in [0.2, 0.25) is 0 Å². The molecule has 0 nitrogen and oxygen atoms in total. The maximum atomic E-state index is 2.59. The molecule has 0 amide bonds. The van der Waals surface area contributed by atoms with Crippen LogP contribution in [-0.4, -0.2) is 0 Å². The molecule has 0 fully saturated rings. The molecule has 0 spiro atoms. The number of hydrogen-bond acceptors (Lipinski definition) is 0. The maximum Gasteiger partial charge on any atom is 0.0251 e. The fourth-order valence-corrected chi connectivity index (χ4v) is 7.18. The van der Waals surface area contributed by atoms with Gasteiger partial charge in [-0.15, -0.1) is 0 Å². The molecule has 0 aromatic heterocycles. The summed E-state index contributed by atoms with van der Waals surface area (Å²) in [5.74, 6) is 0. The molecule has 0 saturated heterocycles. The molecular formula is C34H24I2. The minimum absolute atomic E-state index is 1.27. The van der Waals surface area contributed by atoms with E-state index in [1.165, 1.54) is 73.2 Å². The third-order valence-electron chi connectivity index (χ3n) is 7.15. The molecule has 0 radical (unpaired) electrons. The van der Waals surface area contributed by atoms with Crippen LogP contribution >= 0.6 is 45.2 Å². The molecule has 174 valence electrons. The van der Waals surface area contributed by atoms with Crippen LogP contribution in [0.1, 0.15) is 11.1 Å². The van der Waals surface area contributed by atoms with Gasteiger partial charge in [0.25, 0.3) is 0 Å². The molecule has 0 heterocycles. The van der Waals surface area contributed by atoms with Crippen LogP contribution in [0.2, 0.25) is 0 Å². The van der Waals surface area contributed by atoms with E-state index in [0.717, 1.165) is 0 Å². The van der Waals surface area contributed by atoms with Crippen LogP contribution < -0.4 is 0 Å². The summed E-state index contributed by atoms with van der Waals surface area (Å²) in [6.45, 7) is 4.56. The zero-order chi connectivity index (χ0) is 24.8. The molecule has 0 unspecified atom stereocenters. The minimum atomic E-state index is 1.27. The predicted octanol–water partition coefficient (Wildman–Crippen LogP) is 10.8. The lowest BCUT2D eigenvalue weighted by molar-refractivity contribution is 1.42. The summed E-state index contributed by atoms with van der Waals surface area (Å²) in [5.41, 5.74) is 10.5. The second-order valence-corrected chi connectivity index (χ2v) is 11.4. The molecular weight excluding hydrogens is 662 g/mol. The van der Waals surface area contributed by atoms with Gasteiger partial charge in [0.15, 0.2) is 0 Å². The highest BCUT2D eigenvalue weighted by molar-refractivity contribution is 14.1. The normalized spacial score (nSPS) is 11.3. The van der Waals surface area contributed by atoms with Gasteiger partial charge >= 0.3 is 0 Å². The quantitative estimate of drug-likeness (QED) is 0.163. The summed E-state index contributed by atoms with van der Waals surface area (Å²) in [6, 6.07) is 39.4. The average molecular weight is 686 g/mol. The Hall–Kier alpha value is -2.70. The second kappa shape index (κ2) is 9.64. The number of hydrogen-bond donors (Lipinski definition) is 0. The van der Waals surface area contributed by atoms with Crippen molar-refractivity contribution in [3.63, 3.8) is 0 Å². The van der Waals surface area contributed by atoms with Crippen LogP contribution in [0.5, 0.6) is 0 Å². The van der Waals surface area contributed by atoms with Crippen molar-refractivity contribution in [2.45, 2.75) is 13.8 Å². The van der Waals surface area contributed by atoms with Crippen molar-refractivity contribution < 1.29 is 0 Å². The molecule has 36 heavy (non-hydrogen) atoms. The highest BCUT2D eigenvalue weighted by Crippen LogP contribution is 2.48. The largest absolute Gasteiger partial charge is 0.0622 e. The number of rotatable bonds is 3. The Morgan fingerprint density at radius 3 is 0.972 bits per heavy atom. The highest BCUT2D eigenvalue weighted by Gasteiger charge is 2.23. The van der Waals surface area contributed by atoms with Crippen LogP contribution in [0.3, 0.4) is 0 Å². The van der Waals surface area contributed by atoms with Gasteiger partial charge < -0.3 is 0 Å². The first-order valence-electron chi connectivity index (χ1n) is 12.1. The van der Waals surface area contributed by atoms with Gasteiger partial charge in [-0.2, -0.15) is 0 Å². The standard InChI is InChI=1S/C34H24I2/c1-21-29(23-13-5-3-6-14-23)25-17-9-11-19-27(25)31(33(21)35)32-28-20-12-10-18-26(28)30(22(2)34(32)36)24-15-7-4-8-16-24/h3-20H,1-2H3. The van der Waals surface area contributed by atoms with Gasteiger partial charge in [0, 0.05) is 18.3 Å². The molecule has 6 aromatic rings. The third kappa shape index (κ3) is 3.77. The van der Waals surface area contributed by atoms with Crippen molar-refractivity contribution in [2.24, 2.45) is 0 Å². The van der Waals surface area contributed by atoms with E-state index in [2.05, 4.69) is 168 Å². The van der Waals surface area contributed by atoms with E-state index in [-0.39, 0.29) is 0 Å². The minimum Gasteiger partial charge on any atom is -0.0622 e. The number of benzene rings is 6. The van der Waals surface area contributed by atoms with Crippen molar-refractivity contribution in [2.75, 3.05) is 0 Å². The molecule has 6 aromatic carbocycles. The summed E-state index contributed by atoms with van der Waals surface area (Å²) in [4.78, 5) is 0. The molecule has 6 rings (SSSR count). The van der Waals surface area contributed by atoms with Crippen LogP contribution in [0, 0.1) is 21.0 Å². The van der Waals surface area contributed by atoms with Crippen molar-refractivity contribution in [3.05, 3.63) is 127 Å². The number of halogens is 2. The van der Waals surface area contributed by atoms with Crippen molar-refractivity contribution in [3.8, 4) is 33.4 Å². The Morgan fingerprint density at radius 1 is 0.361 bits per heavy atom. The second-order valence-electron chi connectivity index (χ2n) is 9.20. The van der Waals surface area contributed by atoms with E-state index in [9.17, 15) is 0 Å². The zero-order valence-corrected chi connectivity index (χ0v) is 24.5. The van der Waals surface area contributed by atoms with E-state index in [1.54, 1.807) is 0 Å². The summed E-state index contributed by atoms with van der Waals surface area (Å²) in [6.07, 6.45) is 0. The summed E-state index contributed by atoms with van der Waals surface area (Å²) < 4.78 is 2.64. The lowest BCUT2D eigenvalue weighted by Crippen LogP contribution is -2.00. The third-order valence-corrected chi connectivity index (χ3v) is 9.85. The lowest BCUT2D eigenvalue weighted by Gasteiger charge is -2.23. The first kappa shape index (κ1) is 23.7. The predicted molar refractivity (Wildman–Crippen MR) is 173 cm³/mol. The van der Waals surface area contributed by atoms with E-state index in [1.807, 2.05) is 0 Å². The Bertz CT molecular complexity index is 1620. The van der Waals surface area contributed by atoms with Crippen LogP contribution in [-0.2, 0) is 0 Å². The Balaban J connectivity index is 1.77. The fraction of sp³-hybridized carbons (Fsp3) is 0.0588. The smallest absolute Gasteiger partial charge is 0.0251 e. The Labute approximate surface area is 239 Å². The van der Waals surface area contributed by atoms with Crippen molar-refractivity contribution in [1.29, 1.82) is 0 Å². The molecule has 0 aliphatic carbocycles. The zero-order valence-electron chi connectivity index (χ0n) is 20.1. The van der Waals surface area contributed by atoms with E-state index in [0.29, 0.717) is 0 Å². The molecule has 0 N–H and O–H groups in total. The average Bonchev–Trinajstić information content (AvgIpc) is 2.92. The fourth-order valence-electron chi connectivity index (χ4n) is 5.52. The van der Waals surface area contributed by atoms with Crippen LogP contribution in [0.4, 0.5) is 0 Å². The topological polar surface area (TPSA) is 0 Å². The van der Waals surface area contributed by atoms with E-state index in [4.69, 9.17) is 0 Å². The Morgan fingerprint density at radius 2 is 0.639 bits per heavy atom. The van der Waals surface area contributed by atoms with Gasteiger partial charge in [-0.25, -0.2) is 0 Å². The lowest BCUT2D eigenvalue weighted by atomic mass is 9.84. The summed E-state index contributed by atoms with van der Waals surface area (Å²) in [7, 11) is 0. The van der Waals surface area contributed by atoms with E-state index >= 15 is 0 Å². The van der Waals surface area contributed by atoms with Gasteiger partial charge in [-0.1, -0.05) is 109 Å². The molecule has 0 atom stereocenters. The van der Waals surface area contributed by atoms with Gasteiger partial charge in [-0.3, -0.25) is 0 Å². The molecule has 0 aliphatic rings. The SMILES string of the molecule is Cc1c(I)c(-c2c(I)c(C)c(-c3ccccc3)c3ccccc23)c2ccccc2c1-c1ccccc1. The number of fused-ring (bicyclic) bond motifs is 2. The Kier molecular flexibility index (Phi) is 6.34.